The summed E-state index contributed by atoms with van der Waals surface area (Å²) >= 11 is 0. The highest BCUT2D eigenvalue weighted by atomic mass is 16.3. The molecule has 0 aromatic heterocycles. The van der Waals surface area contributed by atoms with E-state index in [9.17, 15) is 15.0 Å². The van der Waals surface area contributed by atoms with Gasteiger partial charge in [-0.15, -0.1) is 0 Å². The second-order valence-corrected chi connectivity index (χ2v) is 9.08. The molecule has 1 amide bonds. The minimum atomic E-state index is -1.12. The second kappa shape index (κ2) is 8.91. The maximum Gasteiger partial charge on any atom is 0.225 e. The Kier molecular flexibility index (Phi) is 6.26. The van der Waals surface area contributed by atoms with E-state index >= 15 is 0 Å². The Bertz CT molecular complexity index is 824. The molecular formula is C26H33NO3. The SMILES string of the molecule is O=C(CC(O)(c1ccccc1)C1CCCCC1)N1CCC(O)(c2ccccc2)CC1. The molecule has 1 saturated heterocycles. The molecule has 160 valence electrons. The molecule has 0 spiro atoms. The summed E-state index contributed by atoms with van der Waals surface area (Å²) in [7, 11) is 0. The molecule has 0 radical (unpaired) electrons. The van der Waals surface area contributed by atoms with Crippen LogP contribution in [0.4, 0.5) is 0 Å². The van der Waals surface area contributed by atoms with Crippen molar-refractivity contribution in [2.45, 2.75) is 62.6 Å². The number of carbonyl (C=O) groups excluding carboxylic acids is 1. The Morgan fingerprint density at radius 2 is 1.50 bits per heavy atom. The van der Waals surface area contributed by atoms with Crippen LogP contribution in [-0.4, -0.2) is 34.1 Å². The quantitative estimate of drug-likeness (QED) is 0.774. The van der Waals surface area contributed by atoms with E-state index in [1.807, 2.05) is 65.6 Å². The van der Waals surface area contributed by atoms with E-state index in [0.29, 0.717) is 25.9 Å². The van der Waals surface area contributed by atoms with E-state index < -0.39 is 11.2 Å². The molecule has 4 rings (SSSR count). The summed E-state index contributed by atoms with van der Waals surface area (Å²) in [5, 5.41) is 22.9. The van der Waals surface area contributed by atoms with Gasteiger partial charge in [0, 0.05) is 13.1 Å². The first-order valence-corrected chi connectivity index (χ1v) is 11.3. The molecule has 2 aromatic rings. The van der Waals surface area contributed by atoms with Gasteiger partial charge < -0.3 is 15.1 Å². The van der Waals surface area contributed by atoms with Crippen molar-refractivity contribution in [3.8, 4) is 0 Å². The van der Waals surface area contributed by atoms with Gasteiger partial charge in [0.25, 0.3) is 0 Å². The van der Waals surface area contributed by atoms with Crippen LogP contribution in [0.3, 0.4) is 0 Å². The highest BCUT2D eigenvalue weighted by Crippen LogP contribution is 2.42. The molecule has 2 aliphatic rings. The lowest BCUT2D eigenvalue weighted by atomic mass is 9.71. The summed E-state index contributed by atoms with van der Waals surface area (Å²) in [6.07, 6.45) is 6.53. The third-order valence-corrected chi connectivity index (χ3v) is 7.23. The van der Waals surface area contributed by atoms with Gasteiger partial charge in [-0.3, -0.25) is 4.79 Å². The molecule has 1 unspecified atom stereocenters. The zero-order valence-electron chi connectivity index (χ0n) is 17.7. The largest absolute Gasteiger partial charge is 0.385 e. The maximum absolute atomic E-state index is 13.3. The Morgan fingerprint density at radius 1 is 0.933 bits per heavy atom. The van der Waals surface area contributed by atoms with Crippen molar-refractivity contribution in [3.05, 3.63) is 71.8 Å². The third kappa shape index (κ3) is 4.30. The highest BCUT2D eigenvalue weighted by molar-refractivity contribution is 5.77. The molecule has 0 bridgehead atoms. The Labute approximate surface area is 179 Å². The highest BCUT2D eigenvalue weighted by Gasteiger charge is 2.43. The standard InChI is InChI=1S/C26H33NO3/c28-24(27-18-16-25(29,17-19-27)21-10-4-1-5-11-21)20-26(30,22-12-6-2-7-13-22)23-14-8-3-9-15-23/h1-2,4-7,10-13,23,29-30H,3,8-9,14-20H2. The molecule has 2 N–H and O–H groups in total. The first kappa shape index (κ1) is 21.1. The minimum absolute atomic E-state index is 0.0120. The molecule has 1 heterocycles. The third-order valence-electron chi connectivity index (χ3n) is 7.23. The van der Waals surface area contributed by atoms with Gasteiger partial charge in [-0.25, -0.2) is 0 Å². The number of rotatable bonds is 5. The number of benzene rings is 2. The monoisotopic (exact) mass is 407 g/mol. The second-order valence-electron chi connectivity index (χ2n) is 9.08. The average Bonchev–Trinajstić information content (AvgIpc) is 2.81. The number of amides is 1. The maximum atomic E-state index is 13.3. The first-order chi connectivity index (χ1) is 14.5. The fourth-order valence-corrected chi connectivity index (χ4v) is 5.29. The lowest BCUT2D eigenvalue weighted by Crippen LogP contribution is -2.48. The van der Waals surface area contributed by atoms with Gasteiger partial charge in [-0.2, -0.15) is 0 Å². The smallest absolute Gasteiger partial charge is 0.225 e. The van der Waals surface area contributed by atoms with Crippen molar-refractivity contribution in [2.75, 3.05) is 13.1 Å². The lowest BCUT2D eigenvalue weighted by Gasteiger charge is -2.42. The van der Waals surface area contributed by atoms with Gasteiger partial charge in [-0.05, 0) is 42.7 Å². The van der Waals surface area contributed by atoms with Crippen LogP contribution < -0.4 is 0 Å². The zero-order chi connectivity index (χ0) is 21.0. The predicted molar refractivity (Wildman–Crippen MR) is 118 cm³/mol. The number of piperidine rings is 1. The van der Waals surface area contributed by atoms with Crippen LogP contribution >= 0.6 is 0 Å². The van der Waals surface area contributed by atoms with Crippen molar-refractivity contribution < 1.29 is 15.0 Å². The van der Waals surface area contributed by atoms with Crippen LogP contribution in [-0.2, 0) is 16.0 Å². The summed E-state index contributed by atoms with van der Waals surface area (Å²) in [4.78, 5) is 15.1. The molecule has 1 aliphatic heterocycles. The fraction of sp³-hybridized carbons (Fsp3) is 0.500. The van der Waals surface area contributed by atoms with Crippen LogP contribution in [0.25, 0.3) is 0 Å². The number of carbonyl (C=O) groups is 1. The van der Waals surface area contributed by atoms with Crippen LogP contribution in [0.15, 0.2) is 60.7 Å². The van der Waals surface area contributed by atoms with E-state index in [-0.39, 0.29) is 18.2 Å². The number of aliphatic hydroxyl groups is 2. The molecular weight excluding hydrogens is 374 g/mol. The number of hydrogen-bond donors (Lipinski definition) is 2. The van der Waals surface area contributed by atoms with Crippen LogP contribution in [0.5, 0.6) is 0 Å². The molecule has 1 atom stereocenters. The number of likely N-dealkylation sites (tertiary alicyclic amines) is 1. The normalized spacial score (nSPS) is 21.7. The van der Waals surface area contributed by atoms with Crippen LogP contribution in [0, 0.1) is 5.92 Å². The van der Waals surface area contributed by atoms with Crippen molar-refractivity contribution in [3.63, 3.8) is 0 Å². The topological polar surface area (TPSA) is 60.8 Å². The summed E-state index contributed by atoms with van der Waals surface area (Å²) < 4.78 is 0. The Morgan fingerprint density at radius 3 is 2.10 bits per heavy atom. The van der Waals surface area contributed by atoms with E-state index in [2.05, 4.69) is 0 Å². The molecule has 2 fully saturated rings. The molecule has 4 nitrogen and oxygen atoms in total. The van der Waals surface area contributed by atoms with Gasteiger partial charge in [0.15, 0.2) is 0 Å². The molecule has 1 aliphatic carbocycles. The average molecular weight is 408 g/mol. The van der Waals surface area contributed by atoms with Crippen molar-refractivity contribution in [1.82, 2.24) is 4.90 Å². The van der Waals surface area contributed by atoms with Gasteiger partial charge >= 0.3 is 0 Å². The summed E-state index contributed by atoms with van der Waals surface area (Å²) in [6, 6.07) is 19.5. The van der Waals surface area contributed by atoms with Crippen molar-refractivity contribution in [1.29, 1.82) is 0 Å². The van der Waals surface area contributed by atoms with E-state index in [1.165, 1.54) is 6.42 Å². The molecule has 4 heteroatoms. The Balaban J connectivity index is 1.47. The van der Waals surface area contributed by atoms with Crippen molar-refractivity contribution >= 4 is 5.91 Å². The zero-order valence-corrected chi connectivity index (χ0v) is 17.7. The van der Waals surface area contributed by atoms with Crippen LogP contribution in [0.2, 0.25) is 0 Å². The molecule has 30 heavy (non-hydrogen) atoms. The molecule has 2 aromatic carbocycles. The van der Waals surface area contributed by atoms with E-state index in [1.54, 1.807) is 0 Å². The van der Waals surface area contributed by atoms with Crippen LogP contribution in [0.1, 0.15) is 62.5 Å². The fourth-order valence-electron chi connectivity index (χ4n) is 5.29. The predicted octanol–water partition coefficient (Wildman–Crippen LogP) is 4.35. The van der Waals surface area contributed by atoms with E-state index in [0.717, 1.165) is 36.8 Å². The van der Waals surface area contributed by atoms with Gasteiger partial charge in [0.1, 0.15) is 5.60 Å². The first-order valence-electron chi connectivity index (χ1n) is 11.3. The van der Waals surface area contributed by atoms with Crippen molar-refractivity contribution in [2.24, 2.45) is 5.92 Å². The molecule has 1 saturated carbocycles. The van der Waals surface area contributed by atoms with Gasteiger partial charge in [0.05, 0.1) is 12.0 Å². The summed E-state index contributed by atoms with van der Waals surface area (Å²) in [5.41, 5.74) is -0.230. The van der Waals surface area contributed by atoms with E-state index in [4.69, 9.17) is 0 Å². The summed E-state index contributed by atoms with van der Waals surface area (Å²) in [6.45, 7) is 1.03. The number of hydrogen-bond acceptors (Lipinski definition) is 3. The number of nitrogens with zero attached hydrogens (tertiary/aromatic N) is 1. The summed E-state index contributed by atoms with van der Waals surface area (Å²) in [5.74, 6) is 0.102. The van der Waals surface area contributed by atoms with Gasteiger partial charge in [0.2, 0.25) is 5.91 Å². The van der Waals surface area contributed by atoms with Gasteiger partial charge in [-0.1, -0.05) is 79.9 Å². The lowest BCUT2D eigenvalue weighted by molar-refractivity contribution is -0.145. The Hall–Kier alpha value is -2.17. The minimum Gasteiger partial charge on any atom is -0.385 e.